The summed E-state index contributed by atoms with van der Waals surface area (Å²) in [5.74, 6) is -0.0661. The minimum atomic E-state index is -0.435. The Morgan fingerprint density at radius 3 is 2.62 bits per heavy atom. The van der Waals surface area contributed by atoms with Gasteiger partial charge in [-0.1, -0.05) is 23.2 Å². The predicted molar refractivity (Wildman–Crippen MR) is 98.5 cm³/mol. The molecular weight excluding hydrogens is 377 g/mol. The van der Waals surface area contributed by atoms with Gasteiger partial charge in [0.1, 0.15) is 11.6 Å². The maximum absolute atomic E-state index is 12.3. The van der Waals surface area contributed by atoms with Gasteiger partial charge < -0.3 is 14.3 Å². The topological polar surface area (TPSA) is 72.6 Å². The third-order valence-electron chi connectivity index (χ3n) is 4.36. The van der Waals surface area contributed by atoms with Gasteiger partial charge in [-0.3, -0.25) is 0 Å². The lowest BCUT2D eigenvalue weighted by Gasteiger charge is -2.11. The van der Waals surface area contributed by atoms with Crippen LogP contribution < -0.4 is 0 Å². The molecule has 3 aromatic rings. The average Bonchev–Trinajstić information content (AvgIpc) is 3.19. The normalized spacial score (nSPS) is 19.8. The van der Waals surface area contributed by atoms with Crippen LogP contribution in [-0.2, 0) is 4.74 Å². The zero-order valence-electron chi connectivity index (χ0n) is 13.6. The van der Waals surface area contributed by atoms with Gasteiger partial charge in [0.25, 0.3) is 0 Å². The molecule has 1 aliphatic rings. The highest BCUT2D eigenvalue weighted by atomic mass is 35.5. The number of esters is 1. The number of aliphatic hydroxyl groups is 1. The Balaban J connectivity index is 1.60. The molecule has 1 N–H and O–H groups in total. The minimum Gasteiger partial charge on any atom is -0.459 e. The molecule has 0 saturated heterocycles. The molecule has 2 aromatic carbocycles. The zero-order chi connectivity index (χ0) is 18.3. The molecule has 26 heavy (non-hydrogen) atoms. The van der Waals surface area contributed by atoms with Crippen LogP contribution >= 0.6 is 23.2 Å². The summed E-state index contributed by atoms with van der Waals surface area (Å²) in [5, 5.41) is 10.5. The molecule has 1 heterocycles. The largest absolute Gasteiger partial charge is 0.459 e. The van der Waals surface area contributed by atoms with E-state index in [1.165, 1.54) is 0 Å². The number of ether oxygens (including phenoxy) is 1. The quantitative estimate of drug-likeness (QED) is 0.644. The summed E-state index contributed by atoms with van der Waals surface area (Å²) in [5.41, 5.74) is 2.12. The molecule has 5 nitrogen and oxygen atoms in total. The Morgan fingerprint density at radius 1 is 1.15 bits per heavy atom. The van der Waals surface area contributed by atoms with Gasteiger partial charge >= 0.3 is 5.97 Å². The minimum absolute atomic E-state index is 0.243. The molecule has 0 radical (unpaired) electrons. The van der Waals surface area contributed by atoms with E-state index >= 15 is 0 Å². The van der Waals surface area contributed by atoms with Crippen molar-refractivity contribution in [3.8, 4) is 11.5 Å². The molecule has 1 aliphatic carbocycles. The molecule has 0 bridgehead atoms. The number of nitrogens with zero attached hydrogens (tertiary/aromatic N) is 1. The smallest absolute Gasteiger partial charge is 0.338 e. The number of halogens is 2. The Morgan fingerprint density at radius 2 is 1.92 bits per heavy atom. The Labute approximate surface area is 159 Å². The van der Waals surface area contributed by atoms with Crippen LogP contribution in [0, 0.1) is 0 Å². The fourth-order valence-corrected chi connectivity index (χ4v) is 3.62. The van der Waals surface area contributed by atoms with Crippen LogP contribution in [0.3, 0.4) is 0 Å². The zero-order valence-corrected chi connectivity index (χ0v) is 15.1. The Hall–Kier alpha value is -2.08. The van der Waals surface area contributed by atoms with E-state index < -0.39 is 12.1 Å². The van der Waals surface area contributed by atoms with Gasteiger partial charge in [-0.15, -0.1) is 0 Å². The van der Waals surface area contributed by atoms with E-state index in [9.17, 15) is 9.90 Å². The number of aliphatic hydroxyl groups excluding tert-OH is 1. The van der Waals surface area contributed by atoms with Gasteiger partial charge in [0.2, 0.25) is 5.89 Å². The molecule has 0 unspecified atom stereocenters. The highest BCUT2D eigenvalue weighted by molar-refractivity contribution is 6.35. The number of hydrogen-bond acceptors (Lipinski definition) is 5. The van der Waals surface area contributed by atoms with Crippen LogP contribution in [0.25, 0.3) is 22.6 Å². The molecule has 2 atom stereocenters. The molecule has 134 valence electrons. The maximum atomic E-state index is 12.3. The van der Waals surface area contributed by atoms with Crippen molar-refractivity contribution in [2.24, 2.45) is 0 Å². The summed E-state index contributed by atoms with van der Waals surface area (Å²) >= 11 is 12.0. The van der Waals surface area contributed by atoms with Crippen molar-refractivity contribution in [1.82, 2.24) is 4.98 Å². The van der Waals surface area contributed by atoms with E-state index in [4.69, 9.17) is 32.4 Å². The van der Waals surface area contributed by atoms with Gasteiger partial charge in [0.15, 0.2) is 5.58 Å². The molecule has 0 aliphatic heterocycles. The number of carbonyl (C=O) groups excluding carboxylic acids is 1. The third kappa shape index (κ3) is 3.56. The van der Waals surface area contributed by atoms with Crippen LogP contribution in [0.1, 0.15) is 29.6 Å². The summed E-state index contributed by atoms with van der Waals surface area (Å²) in [6.07, 6.45) is 1.18. The second-order valence-corrected chi connectivity index (χ2v) is 7.23. The number of benzene rings is 2. The number of fused-ring (bicyclic) bond motifs is 1. The third-order valence-corrected chi connectivity index (χ3v) is 4.80. The van der Waals surface area contributed by atoms with Crippen molar-refractivity contribution in [2.45, 2.75) is 31.5 Å². The van der Waals surface area contributed by atoms with Crippen LogP contribution in [0.5, 0.6) is 0 Å². The van der Waals surface area contributed by atoms with Crippen LogP contribution in [0.15, 0.2) is 40.8 Å². The molecule has 1 saturated carbocycles. The molecule has 1 fully saturated rings. The first kappa shape index (κ1) is 17.3. The number of oxazole rings is 1. The number of carbonyl (C=O) groups is 1. The van der Waals surface area contributed by atoms with E-state index in [2.05, 4.69) is 4.98 Å². The monoisotopic (exact) mass is 391 g/mol. The van der Waals surface area contributed by atoms with Crippen molar-refractivity contribution in [2.75, 3.05) is 0 Å². The van der Waals surface area contributed by atoms with Crippen molar-refractivity contribution < 1.29 is 19.1 Å². The maximum Gasteiger partial charge on any atom is 0.338 e. The molecule has 4 rings (SSSR count). The van der Waals surface area contributed by atoms with Crippen LogP contribution in [-0.4, -0.2) is 28.3 Å². The Kier molecular flexibility index (Phi) is 4.61. The SMILES string of the molecule is O=C(O[C@H]1CC[C@@H](O)C1)c1ccc2nc(-c3cc(Cl)cc(Cl)c3)oc2c1. The standard InChI is InChI=1S/C19H15Cl2NO4/c20-12-5-11(6-13(21)8-12)18-22-16-4-1-10(7-17(16)26-18)19(24)25-15-3-2-14(23)9-15/h1,4-8,14-15,23H,2-3,9H2/t14-,15+/m1/s1. The van der Waals surface area contributed by atoms with Gasteiger partial charge in [-0.05, 0) is 49.2 Å². The summed E-state index contributed by atoms with van der Waals surface area (Å²) in [7, 11) is 0. The fourth-order valence-electron chi connectivity index (χ4n) is 3.10. The lowest BCUT2D eigenvalue weighted by Crippen LogP contribution is -2.16. The first-order valence-electron chi connectivity index (χ1n) is 8.24. The van der Waals surface area contributed by atoms with Crippen molar-refractivity contribution >= 4 is 40.3 Å². The second-order valence-electron chi connectivity index (χ2n) is 6.35. The second kappa shape index (κ2) is 6.91. The summed E-state index contributed by atoms with van der Waals surface area (Å²) in [6, 6.07) is 9.99. The summed E-state index contributed by atoms with van der Waals surface area (Å²) < 4.78 is 11.2. The Bertz CT molecular complexity index is 965. The molecule has 0 spiro atoms. The first-order valence-corrected chi connectivity index (χ1v) is 8.99. The molecule has 7 heteroatoms. The molecule has 1 aromatic heterocycles. The van der Waals surface area contributed by atoms with E-state index in [-0.39, 0.29) is 6.10 Å². The number of hydrogen-bond donors (Lipinski definition) is 1. The lowest BCUT2D eigenvalue weighted by atomic mass is 10.2. The summed E-state index contributed by atoms with van der Waals surface area (Å²) in [4.78, 5) is 16.7. The van der Waals surface area contributed by atoms with E-state index in [0.29, 0.717) is 57.4 Å². The number of aromatic nitrogens is 1. The van der Waals surface area contributed by atoms with Gasteiger partial charge in [-0.2, -0.15) is 0 Å². The van der Waals surface area contributed by atoms with Crippen molar-refractivity contribution in [1.29, 1.82) is 0 Å². The van der Waals surface area contributed by atoms with Crippen LogP contribution in [0.4, 0.5) is 0 Å². The highest BCUT2D eigenvalue weighted by Crippen LogP contribution is 2.30. The average molecular weight is 392 g/mol. The van der Waals surface area contributed by atoms with E-state index in [0.717, 1.165) is 0 Å². The predicted octanol–water partition coefficient (Wildman–Crippen LogP) is 4.87. The number of rotatable bonds is 3. The first-order chi connectivity index (χ1) is 12.5. The van der Waals surface area contributed by atoms with E-state index in [1.807, 2.05) is 0 Å². The highest BCUT2D eigenvalue weighted by Gasteiger charge is 2.26. The summed E-state index contributed by atoms with van der Waals surface area (Å²) in [6.45, 7) is 0. The van der Waals surface area contributed by atoms with Crippen molar-refractivity contribution in [3.05, 3.63) is 52.0 Å². The van der Waals surface area contributed by atoms with Gasteiger partial charge in [-0.25, -0.2) is 9.78 Å². The van der Waals surface area contributed by atoms with Gasteiger partial charge in [0, 0.05) is 22.0 Å². The van der Waals surface area contributed by atoms with Crippen LogP contribution in [0.2, 0.25) is 10.0 Å². The fraction of sp³-hybridized carbons (Fsp3) is 0.263. The molecule has 0 amide bonds. The molecular formula is C19H15Cl2NO4. The van der Waals surface area contributed by atoms with Gasteiger partial charge in [0.05, 0.1) is 11.7 Å². The van der Waals surface area contributed by atoms with Crippen molar-refractivity contribution in [3.63, 3.8) is 0 Å². The van der Waals surface area contributed by atoms with E-state index in [1.54, 1.807) is 36.4 Å². The lowest BCUT2D eigenvalue weighted by molar-refractivity contribution is 0.0287.